The Balaban J connectivity index is 2.64. The SMILES string of the molecule is [S]C1(C(Cl)(Cl)Br)CCCCC1. The van der Waals surface area contributed by atoms with Gasteiger partial charge in [-0.05, 0) is 28.8 Å². The quantitative estimate of drug-likeness (QED) is 0.622. The zero-order valence-corrected chi connectivity index (χ0v) is 9.99. The van der Waals surface area contributed by atoms with Gasteiger partial charge in [0.2, 0.25) is 0 Å². The summed E-state index contributed by atoms with van der Waals surface area (Å²) in [6.45, 7) is 0. The van der Waals surface area contributed by atoms with Crippen LogP contribution >= 0.6 is 51.8 Å². The van der Waals surface area contributed by atoms with Gasteiger partial charge in [-0.25, -0.2) is 0 Å². The zero-order chi connectivity index (χ0) is 8.54. The summed E-state index contributed by atoms with van der Waals surface area (Å²) in [5.41, 5.74) is 0. The molecule has 0 N–H and O–H groups in total. The van der Waals surface area contributed by atoms with Gasteiger partial charge in [-0.3, -0.25) is 0 Å². The minimum atomic E-state index is -0.921. The maximum Gasteiger partial charge on any atom is 0.187 e. The van der Waals surface area contributed by atoms with Crippen molar-refractivity contribution in [2.24, 2.45) is 0 Å². The highest BCUT2D eigenvalue weighted by Crippen LogP contribution is 2.51. The van der Waals surface area contributed by atoms with Gasteiger partial charge in [-0.1, -0.05) is 55.1 Å². The third-order valence-corrected chi connectivity index (χ3v) is 4.86. The van der Waals surface area contributed by atoms with E-state index in [0.717, 1.165) is 25.7 Å². The van der Waals surface area contributed by atoms with Crippen molar-refractivity contribution in [2.75, 3.05) is 0 Å². The van der Waals surface area contributed by atoms with E-state index in [9.17, 15) is 0 Å². The normalized spacial score (nSPS) is 25.1. The molecular weight excluding hydrogens is 267 g/mol. The summed E-state index contributed by atoms with van der Waals surface area (Å²) in [6.07, 6.45) is 5.45. The van der Waals surface area contributed by atoms with Crippen molar-refractivity contribution in [1.82, 2.24) is 0 Å². The molecule has 0 aromatic heterocycles. The maximum absolute atomic E-state index is 5.93. The van der Waals surface area contributed by atoms with Crippen LogP contribution in [-0.2, 0) is 0 Å². The molecule has 0 heterocycles. The van der Waals surface area contributed by atoms with E-state index in [1.165, 1.54) is 6.42 Å². The molecule has 0 bridgehead atoms. The Hall–Kier alpha value is 1.41. The summed E-state index contributed by atoms with van der Waals surface area (Å²) < 4.78 is -1.27. The minimum Gasteiger partial charge on any atom is -0.0872 e. The molecular formula is C7H10BrCl2S. The Morgan fingerprint density at radius 3 is 1.91 bits per heavy atom. The van der Waals surface area contributed by atoms with Gasteiger partial charge >= 0.3 is 0 Å². The number of hydrogen-bond donors (Lipinski definition) is 0. The fraction of sp³-hybridized carbons (Fsp3) is 1.00. The molecule has 0 nitrogen and oxygen atoms in total. The highest BCUT2D eigenvalue weighted by atomic mass is 79.9. The van der Waals surface area contributed by atoms with Gasteiger partial charge in [0.25, 0.3) is 0 Å². The van der Waals surface area contributed by atoms with E-state index in [-0.39, 0.29) is 4.75 Å². The second-order valence-corrected chi connectivity index (χ2v) is 7.26. The van der Waals surface area contributed by atoms with Crippen LogP contribution < -0.4 is 0 Å². The largest absolute Gasteiger partial charge is 0.187 e. The van der Waals surface area contributed by atoms with Gasteiger partial charge in [0, 0.05) is 0 Å². The van der Waals surface area contributed by atoms with Crippen LogP contribution in [0.5, 0.6) is 0 Å². The summed E-state index contributed by atoms with van der Waals surface area (Å²) in [6, 6.07) is 0. The number of hydrogen-bond acceptors (Lipinski definition) is 0. The smallest absolute Gasteiger partial charge is 0.0872 e. The lowest BCUT2D eigenvalue weighted by Crippen LogP contribution is -2.38. The van der Waals surface area contributed by atoms with E-state index < -0.39 is 3.24 Å². The first kappa shape index (κ1) is 10.5. The molecule has 0 spiro atoms. The Morgan fingerprint density at radius 2 is 1.64 bits per heavy atom. The second-order valence-electron chi connectivity index (χ2n) is 3.05. The summed E-state index contributed by atoms with van der Waals surface area (Å²) in [5.74, 6) is 0. The summed E-state index contributed by atoms with van der Waals surface area (Å²) >= 11 is 20.5. The molecule has 1 rings (SSSR count). The van der Waals surface area contributed by atoms with E-state index in [2.05, 4.69) is 15.9 Å². The van der Waals surface area contributed by atoms with E-state index in [1.807, 2.05) is 0 Å². The topological polar surface area (TPSA) is 0 Å². The molecule has 0 unspecified atom stereocenters. The van der Waals surface area contributed by atoms with Crippen LogP contribution in [0.4, 0.5) is 0 Å². The first-order chi connectivity index (χ1) is 4.96. The highest BCUT2D eigenvalue weighted by Gasteiger charge is 2.46. The summed E-state index contributed by atoms with van der Waals surface area (Å²) in [5, 5.41) is 0. The fourth-order valence-electron chi connectivity index (χ4n) is 1.41. The molecule has 1 radical (unpaired) electrons. The Labute approximate surface area is 91.6 Å². The van der Waals surface area contributed by atoms with Gasteiger partial charge in [-0.2, -0.15) is 0 Å². The van der Waals surface area contributed by atoms with Crippen LogP contribution in [0, 0.1) is 0 Å². The average molecular weight is 277 g/mol. The molecule has 0 atom stereocenters. The molecule has 1 aliphatic rings. The third kappa shape index (κ3) is 2.43. The Morgan fingerprint density at radius 1 is 1.18 bits per heavy atom. The van der Waals surface area contributed by atoms with Crippen molar-refractivity contribution in [2.45, 2.75) is 40.1 Å². The van der Waals surface area contributed by atoms with Crippen molar-refractivity contribution in [3.8, 4) is 0 Å². The molecule has 1 aliphatic carbocycles. The predicted molar refractivity (Wildman–Crippen MR) is 56.8 cm³/mol. The van der Waals surface area contributed by atoms with Gasteiger partial charge in [0.1, 0.15) is 0 Å². The van der Waals surface area contributed by atoms with Crippen LogP contribution in [0.3, 0.4) is 0 Å². The van der Waals surface area contributed by atoms with E-state index in [1.54, 1.807) is 0 Å². The molecule has 65 valence electrons. The molecule has 0 aromatic carbocycles. The Bertz CT molecular complexity index is 138. The van der Waals surface area contributed by atoms with E-state index in [0.29, 0.717) is 0 Å². The fourth-order valence-corrected chi connectivity index (χ4v) is 2.47. The summed E-state index contributed by atoms with van der Waals surface area (Å²) in [4.78, 5) is 0. The van der Waals surface area contributed by atoms with Crippen LogP contribution in [0.25, 0.3) is 0 Å². The molecule has 1 fully saturated rings. The maximum atomic E-state index is 5.93. The lowest BCUT2D eigenvalue weighted by Gasteiger charge is -2.37. The van der Waals surface area contributed by atoms with Crippen LogP contribution in [0.2, 0.25) is 0 Å². The molecule has 0 amide bonds. The van der Waals surface area contributed by atoms with Gasteiger partial charge in [0.05, 0.1) is 4.75 Å². The van der Waals surface area contributed by atoms with Crippen LogP contribution in [0.1, 0.15) is 32.1 Å². The molecule has 1 saturated carbocycles. The third-order valence-electron chi connectivity index (χ3n) is 2.18. The first-order valence-corrected chi connectivity index (χ1v) is 5.69. The lowest BCUT2D eigenvalue weighted by molar-refractivity contribution is 0.409. The highest BCUT2D eigenvalue weighted by molar-refractivity contribution is 9.11. The molecule has 0 saturated heterocycles. The monoisotopic (exact) mass is 275 g/mol. The van der Waals surface area contributed by atoms with Crippen molar-refractivity contribution in [3.63, 3.8) is 0 Å². The molecule has 0 aromatic rings. The second kappa shape index (κ2) is 3.65. The number of halogens is 3. The zero-order valence-electron chi connectivity index (χ0n) is 6.08. The van der Waals surface area contributed by atoms with E-state index in [4.69, 9.17) is 35.8 Å². The van der Waals surface area contributed by atoms with Gasteiger partial charge < -0.3 is 0 Å². The van der Waals surface area contributed by atoms with E-state index >= 15 is 0 Å². The van der Waals surface area contributed by atoms with Crippen molar-refractivity contribution in [3.05, 3.63) is 0 Å². The Kier molecular flexibility index (Phi) is 3.48. The van der Waals surface area contributed by atoms with Crippen LogP contribution in [-0.4, -0.2) is 7.99 Å². The first-order valence-electron chi connectivity index (χ1n) is 3.73. The van der Waals surface area contributed by atoms with Gasteiger partial charge in [-0.15, -0.1) is 0 Å². The predicted octanol–water partition coefficient (Wildman–Crippen LogP) is 4.41. The van der Waals surface area contributed by atoms with Crippen molar-refractivity contribution < 1.29 is 0 Å². The molecule has 11 heavy (non-hydrogen) atoms. The standard InChI is InChI=1S/C7H10BrCl2S/c8-7(9,10)6(11)4-2-1-3-5-6/h1-5H2. The van der Waals surface area contributed by atoms with Crippen molar-refractivity contribution >= 4 is 51.8 Å². The lowest BCUT2D eigenvalue weighted by atomic mass is 9.89. The molecule has 4 heteroatoms. The molecule has 0 aliphatic heterocycles. The van der Waals surface area contributed by atoms with Crippen molar-refractivity contribution in [1.29, 1.82) is 0 Å². The average Bonchev–Trinajstić information content (AvgIpc) is 1.87. The number of rotatable bonds is 1. The van der Waals surface area contributed by atoms with Crippen LogP contribution in [0.15, 0.2) is 0 Å². The number of alkyl halides is 3. The van der Waals surface area contributed by atoms with Gasteiger partial charge in [0.15, 0.2) is 3.24 Å². The minimum absolute atomic E-state index is 0.353. The summed E-state index contributed by atoms with van der Waals surface area (Å²) in [7, 11) is 0.